The van der Waals surface area contributed by atoms with Crippen molar-refractivity contribution in [3.05, 3.63) is 0 Å². The second-order valence-electron chi connectivity index (χ2n) is 4.46. The Kier molecular flexibility index (Phi) is 6.40. The van der Waals surface area contributed by atoms with Crippen molar-refractivity contribution in [2.45, 2.75) is 31.8 Å². The first kappa shape index (κ1) is 14.9. The van der Waals surface area contributed by atoms with Crippen LogP contribution < -0.4 is 5.32 Å². The van der Waals surface area contributed by atoms with E-state index in [1.165, 1.54) is 0 Å². The molecule has 0 unspecified atom stereocenters. The Morgan fingerprint density at radius 2 is 1.94 bits per heavy atom. The number of ether oxygens (including phenoxy) is 1. The molecule has 1 N–H and O–H groups in total. The monoisotopic (exact) mass is 264 g/mol. The molecular formula is C11H24N2O3S. The number of nitrogens with one attached hydrogen (secondary N) is 1. The molecule has 0 bridgehead atoms. The summed E-state index contributed by atoms with van der Waals surface area (Å²) in [5.74, 6) is 0.270. The second kappa shape index (κ2) is 7.31. The van der Waals surface area contributed by atoms with Gasteiger partial charge in [-0.05, 0) is 39.3 Å². The first-order chi connectivity index (χ1) is 8.10. The van der Waals surface area contributed by atoms with Gasteiger partial charge in [0.1, 0.15) is 0 Å². The first-order valence-corrected chi connectivity index (χ1v) is 7.86. The van der Waals surface area contributed by atoms with Crippen LogP contribution in [-0.4, -0.2) is 58.4 Å². The SMILES string of the molecule is CNCCCCS(=O)(=O)N1CCC(OC)CC1. The molecule has 102 valence electrons. The van der Waals surface area contributed by atoms with Gasteiger partial charge in [-0.2, -0.15) is 0 Å². The number of hydrogen-bond donors (Lipinski definition) is 1. The number of unbranched alkanes of at least 4 members (excludes halogenated alkanes) is 1. The Bertz CT molecular complexity index is 298. The van der Waals surface area contributed by atoms with Gasteiger partial charge in [0.05, 0.1) is 11.9 Å². The normalized spacial score (nSPS) is 19.6. The van der Waals surface area contributed by atoms with Crippen molar-refractivity contribution in [1.82, 2.24) is 9.62 Å². The minimum atomic E-state index is -3.05. The molecule has 1 aliphatic rings. The third kappa shape index (κ3) is 4.91. The fraction of sp³-hybridized carbons (Fsp3) is 1.00. The lowest BCUT2D eigenvalue weighted by atomic mass is 10.1. The van der Waals surface area contributed by atoms with Crippen LogP contribution >= 0.6 is 0 Å². The van der Waals surface area contributed by atoms with Crippen molar-refractivity contribution < 1.29 is 13.2 Å². The third-order valence-corrected chi connectivity index (χ3v) is 5.16. The third-order valence-electron chi connectivity index (χ3n) is 3.21. The van der Waals surface area contributed by atoms with E-state index in [1.807, 2.05) is 7.05 Å². The number of piperidine rings is 1. The first-order valence-electron chi connectivity index (χ1n) is 6.25. The molecule has 5 nitrogen and oxygen atoms in total. The average Bonchev–Trinajstić information content (AvgIpc) is 2.35. The van der Waals surface area contributed by atoms with Gasteiger partial charge in [0.2, 0.25) is 10.0 Å². The molecule has 1 fully saturated rings. The molecule has 0 aromatic heterocycles. The van der Waals surface area contributed by atoms with Crippen molar-refractivity contribution in [2.75, 3.05) is 39.5 Å². The van der Waals surface area contributed by atoms with Crippen molar-refractivity contribution in [2.24, 2.45) is 0 Å². The summed E-state index contributed by atoms with van der Waals surface area (Å²) in [5, 5.41) is 3.02. The molecule has 17 heavy (non-hydrogen) atoms. The van der Waals surface area contributed by atoms with Gasteiger partial charge < -0.3 is 10.1 Å². The molecule has 0 aromatic carbocycles. The molecule has 0 saturated carbocycles. The summed E-state index contributed by atoms with van der Waals surface area (Å²) in [6, 6.07) is 0. The highest BCUT2D eigenvalue weighted by Crippen LogP contribution is 2.16. The van der Waals surface area contributed by atoms with E-state index >= 15 is 0 Å². The minimum Gasteiger partial charge on any atom is -0.381 e. The molecule has 0 atom stereocenters. The van der Waals surface area contributed by atoms with Gasteiger partial charge in [-0.25, -0.2) is 12.7 Å². The van der Waals surface area contributed by atoms with Crippen LogP contribution in [0.2, 0.25) is 0 Å². The van der Waals surface area contributed by atoms with E-state index in [2.05, 4.69) is 5.32 Å². The van der Waals surface area contributed by atoms with E-state index in [-0.39, 0.29) is 11.9 Å². The van der Waals surface area contributed by atoms with Crippen LogP contribution in [0.1, 0.15) is 25.7 Å². The summed E-state index contributed by atoms with van der Waals surface area (Å²) in [6.45, 7) is 2.08. The van der Waals surface area contributed by atoms with E-state index in [1.54, 1.807) is 11.4 Å². The summed E-state index contributed by atoms with van der Waals surface area (Å²) in [4.78, 5) is 0. The van der Waals surface area contributed by atoms with Gasteiger partial charge in [-0.15, -0.1) is 0 Å². The Labute approximate surface area is 105 Å². The molecule has 1 saturated heterocycles. The molecule has 0 amide bonds. The average molecular weight is 264 g/mol. The minimum absolute atomic E-state index is 0.228. The van der Waals surface area contributed by atoms with E-state index in [0.717, 1.165) is 32.2 Å². The second-order valence-corrected chi connectivity index (χ2v) is 6.55. The highest BCUT2D eigenvalue weighted by Gasteiger charge is 2.27. The summed E-state index contributed by atoms with van der Waals surface area (Å²) in [6.07, 6.45) is 3.49. The molecule has 0 radical (unpaired) electrons. The predicted molar refractivity (Wildman–Crippen MR) is 68.6 cm³/mol. The van der Waals surface area contributed by atoms with Crippen LogP contribution in [0.15, 0.2) is 0 Å². The Hall–Kier alpha value is -0.170. The van der Waals surface area contributed by atoms with Crippen LogP contribution in [0.4, 0.5) is 0 Å². The van der Waals surface area contributed by atoms with Gasteiger partial charge >= 0.3 is 0 Å². The largest absolute Gasteiger partial charge is 0.381 e. The van der Waals surface area contributed by atoms with Crippen molar-refractivity contribution in [1.29, 1.82) is 0 Å². The summed E-state index contributed by atoms with van der Waals surface area (Å²) in [7, 11) is 0.521. The quantitative estimate of drug-likeness (QED) is 0.677. The van der Waals surface area contributed by atoms with Crippen molar-refractivity contribution >= 4 is 10.0 Å². The highest BCUT2D eigenvalue weighted by atomic mass is 32.2. The van der Waals surface area contributed by atoms with Crippen LogP contribution in [0.25, 0.3) is 0 Å². The zero-order valence-corrected chi connectivity index (χ0v) is 11.6. The van der Waals surface area contributed by atoms with E-state index in [9.17, 15) is 8.42 Å². The predicted octanol–water partition coefficient (Wildman–Crippen LogP) is 0.427. The lowest BCUT2D eigenvalue weighted by Gasteiger charge is -2.30. The van der Waals surface area contributed by atoms with Crippen LogP contribution in [0.3, 0.4) is 0 Å². The molecule has 1 heterocycles. The molecule has 0 aromatic rings. The molecule has 1 rings (SSSR count). The van der Waals surface area contributed by atoms with E-state index in [4.69, 9.17) is 4.74 Å². The van der Waals surface area contributed by atoms with Gasteiger partial charge in [0, 0.05) is 20.2 Å². The molecule has 1 aliphatic heterocycles. The zero-order chi connectivity index (χ0) is 12.7. The molecule has 0 aliphatic carbocycles. The fourth-order valence-corrected chi connectivity index (χ4v) is 3.66. The smallest absolute Gasteiger partial charge is 0.214 e. The Morgan fingerprint density at radius 1 is 1.29 bits per heavy atom. The lowest BCUT2D eigenvalue weighted by Crippen LogP contribution is -2.41. The maximum absolute atomic E-state index is 12.0. The number of methoxy groups -OCH3 is 1. The van der Waals surface area contributed by atoms with Crippen molar-refractivity contribution in [3.63, 3.8) is 0 Å². The topological polar surface area (TPSA) is 58.6 Å². The van der Waals surface area contributed by atoms with E-state index < -0.39 is 10.0 Å². The molecule has 6 heteroatoms. The Morgan fingerprint density at radius 3 is 2.47 bits per heavy atom. The van der Waals surface area contributed by atoms with Gasteiger partial charge in [0.15, 0.2) is 0 Å². The van der Waals surface area contributed by atoms with Gasteiger partial charge in [-0.3, -0.25) is 0 Å². The number of sulfonamides is 1. The molecule has 0 spiro atoms. The summed E-state index contributed by atoms with van der Waals surface area (Å²) >= 11 is 0. The van der Waals surface area contributed by atoms with Crippen LogP contribution in [-0.2, 0) is 14.8 Å². The number of rotatable bonds is 7. The maximum Gasteiger partial charge on any atom is 0.214 e. The van der Waals surface area contributed by atoms with Crippen LogP contribution in [0.5, 0.6) is 0 Å². The highest BCUT2D eigenvalue weighted by molar-refractivity contribution is 7.89. The molecular weight excluding hydrogens is 240 g/mol. The fourth-order valence-electron chi connectivity index (χ4n) is 2.06. The Balaban J connectivity index is 2.33. The van der Waals surface area contributed by atoms with Gasteiger partial charge in [0.25, 0.3) is 0 Å². The number of nitrogens with zero attached hydrogens (tertiary/aromatic N) is 1. The van der Waals surface area contributed by atoms with Crippen molar-refractivity contribution in [3.8, 4) is 0 Å². The standard InChI is InChI=1S/C11H24N2O3S/c1-12-7-3-4-10-17(14,15)13-8-5-11(16-2)6-9-13/h11-12H,3-10H2,1-2H3. The number of hydrogen-bond acceptors (Lipinski definition) is 4. The lowest BCUT2D eigenvalue weighted by molar-refractivity contribution is 0.0604. The summed E-state index contributed by atoms with van der Waals surface area (Å²) < 4.78 is 30.9. The van der Waals surface area contributed by atoms with E-state index in [0.29, 0.717) is 13.1 Å². The summed E-state index contributed by atoms with van der Waals surface area (Å²) in [5.41, 5.74) is 0. The van der Waals surface area contributed by atoms with Crippen LogP contribution in [0, 0.1) is 0 Å². The van der Waals surface area contributed by atoms with Gasteiger partial charge in [-0.1, -0.05) is 0 Å². The maximum atomic E-state index is 12.0. The zero-order valence-electron chi connectivity index (χ0n) is 10.8.